The van der Waals surface area contributed by atoms with Crippen molar-refractivity contribution in [1.82, 2.24) is 9.47 Å². The van der Waals surface area contributed by atoms with E-state index >= 15 is 0 Å². The molecule has 0 aliphatic heterocycles. The number of amides is 2. The van der Waals surface area contributed by atoms with Gasteiger partial charge in [-0.25, -0.2) is 4.79 Å². The van der Waals surface area contributed by atoms with Crippen LogP contribution in [-0.4, -0.2) is 22.0 Å². The topological polar surface area (TPSA) is 37.3 Å². The predicted molar refractivity (Wildman–Crippen MR) is 120 cm³/mol. The Hall–Kier alpha value is -3.27. The molecule has 0 atom stereocenters. The van der Waals surface area contributed by atoms with E-state index in [2.05, 4.69) is 59.9 Å². The number of nitrogens with one attached hydrogen (secondary N) is 1. The van der Waals surface area contributed by atoms with E-state index in [0.717, 1.165) is 29.1 Å². The summed E-state index contributed by atoms with van der Waals surface area (Å²) in [5, 5.41) is 3.05. The van der Waals surface area contributed by atoms with Crippen LogP contribution in [0, 0.1) is 20.8 Å². The lowest BCUT2D eigenvalue weighted by atomic mass is 10.1. The summed E-state index contributed by atoms with van der Waals surface area (Å²) >= 11 is 0. The molecule has 2 amide bonds. The molecular formula is C25H29N3O. The molecule has 3 rings (SSSR count). The van der Waals surface area contributed by atoms with Gasteiger partial charge in [0.2, 0.25) is 0 Å². The van der Waals surface area contributed by atoms with Gasteiger partial charge in [-0.15, -0.1) is 6.58 Å². The van der Waals surface area contributed by atoms with Crippen molar-refractivity contribution in [3.05, 3.63) is 101 Å². The molecule has 0 saturated heterocycles. The maximum atomic E-state index is 13.0. The Morgan fingerprint density at radius 2 is 1.90 bits per heavy atom. The van der Waals surface area contributed by atoms with Crippen molar-refractivity contribution in [2.24, 2.45) is 0 Å². The van der Waals surface area contributed by atoms with Crippen LogP contribution in [0.3, 0.4) is 0 Å². The third kappa shape index (κ3) is 5.17. The molecule has 0 fully saturated rings. The van der Waals surface area contributed by atoms with Gasteiger partial charge in [-0.3, -0.25) is 0 Å². The van der Waals surface area contributed by atoms with Crippen molar-refractivity contribution in [1.29, 1.82) is 0 Å². The van der Waals surface area contributed by atoms with Crippen molar-refractivity contribution in [2.75, 3.05) is 11.9 Å². The van der Waals surface area contributed by atoms with Crippen molar-refractivity contribution >= 4 is 11.7 Å². The number of aryl methyl sites for hydroxylation is 2. The molecule has 1 N–H and O–H groups in total. The molecule has 3 aromatic rings. The van der Waals surface area contributed by atoms with E-state index in [1.807, 2.05) is 38.1 Å². The molecule has 0 bridgehead atoms. The number of rotatable bonds is 7. The predicted octanol–water partition coefficient (Wildman–Crippen LogP) is 5.68. The second-order valence-electron chi connectivity index (χ2n) is 7.46. The molecule has 0 unspecified atom stereocenters. The fraction of sp³-hybridized carbons (Fsp3) is 0.240. The number of urea groups is 1. The summed E-state index contributed by atoms with van der Waals surface area (Å²) in [6, 6.07) is 18.4. The second-order valence-corrected chi connectivity index (χ2v) is 7.46. The Bertz CT molecular complexity index is 1000. The largest absolute Gasteiger partial charge is 0.345 e. The van der Waals surface area contributed by atoms with Crippen LogP contribution in [0.15, 0.2) is 73.4 Å². The standard InChI is InChI=1S/C25H29N3O/c1-5-14-28(25(29)26-24-13-7-10-20(3)21(24)4)18-23-12-8-15-27(23)17-22-11-6-9-19(2)16-22/h5-13,15-16H,1,14,17-18H2,2-4H3,(H,26,29). The van der Waals surface area contributed by atoms with Gasteiger partial charge >= 0.3 is 6.03 Å². The van der Waals surface area contributed by atoms with Gasteiger partial charge in [0.1, 0.15) is 0 Å². The summed E-state index contributed by atoms with van der Waals surface area (Å²) in [7, 11) is 0. The lowest BCUT2D eigenvalue weighted by Crippen LogP contribution is -2.35. The molecule has 0 saturated carbocycles. The molecule has 0 aliphatic rings. The molecule has 0 aliphatic carbocycles. The Morgan fingerprint density at radius 1 is 1.10 bits per heavy atom. The first-order valence-corrected chi connectivity index (χ1v) is 9.90. The van der Waals surface area contributed by atoms with Crippen LogP contribution in [0.1, 0.15) is 27.9 Å². The molecule has 150 valence electrons. The fourth-order valence-corrected chi connectivity index (χ4v) is 3.41. The van der Waals surface area contributed by atoms with Crippen molar-refractivity contribution < 1.29 is 4.79 Å². The van der Waals surface area contributed by atoms with Crippen LogP contribution in [0.2, 0.25) is 0 Å². The zero-order chi connectivity index (χ0) is 20.8. The number of carbonyl (C=O) groups is 1. The zero-order valence-corrected chi connectivity index (χ0v) is 17.5. The Kier molecular flexibility index (Phi) is 6.55. The highest BCUT2D eigenvalue weighted by molar-refractivity contribution is 5.90. The summed E-state index contributed by atoms with van der Waals surface area (Å²) in [5.74, 6) is 0. The second kappa shape index (κ2) is 9.28. The van der Waals surface area contributed by atoms with Gasteiger partial charge < -0.3 is 14.8 Å². The Labute approximate surface area is 173 Å². The third-order valence-electron chi connectivity index (χ3n) is 5.19. The Balaban J connectivity index is 1.75. The van der Waals surface area contributed by atoms with E-state index in [4.69, 9.17) is 0 Å². The number of benzene rings is 2. The van der Waals surface area contributed by atoms with E-state index in [1.165, 1.54) is 11.1 Å². The summed E-state index contributed by atoms with van der Waals surface area (Å²) in [4.78, 5) is 14.7. The van der Waals surface area contributed by atoms with E-state index in [0.29, 0.717) is 13.1 Å². The molecule has 0 spiro atoms. The van der Waals surface area contributed by atoms with Gasteiger partial charge in [-0.2, -0.15) is 0 Å². The molecular weight excluding hydrogens is 358 g/mol. The lowest BCUT2D eigenvalue weighted by Gasteiger charge is -2.23. The molecule has 1 aromatic heterocycles. The average molecular weight is 388 g/mol. The van der Waals surface area contributed by atoms with Crippen LogP contribution in [-0.2, 0) is 13.1 Å². The minimum absolute atomic E-state index is 0.123. The summed E-state index contributed by atoms with van der Waals surface area (Å²) in [5.41, 5.74) is 6.67. The van der Waals surface area contributed by atoms with Crippen molar-refractivity contribution in [2.45, 2.75) is 33.9 Å². The van der Waals surface area contributed by atoms with Gasteiger partial charge in [0.05, 0.1) is 6.54 Å². The smallest absolute Gasteiger partial charge is 0.322 e. The number of aromatic nitrogens is 1. The number of anilines is 1. The third-order valence-corrected chi connectivity index (χ3v) is 5.19. The van der Waals surface area contributed by atoms with Crippen LogP contribution >= 0.6 is 0 Å². The van der Waals surface area contributed by atoms with Crippen LogP contribution in [0.4, 0.5) is 10.5 Å². The molecule has 4 nitrogen and oxygen atoms in total. The maximum Gasteiger partial charge on any atom is 0.322 e. The van der Waals surface area contributed by atoms with Gasteiger partial charge in [-0.05, 0) is 55.7 Å². The highest BCUT2D eigenvalue weighted by Gasteiger charge is 2.16. The fourth-order valence-electron chi connectivity index (χ4n) is 3.41. The van der Waals surface area contributed by atoms with E-state index in [1.54, 1.807) is 11.0 Å². The normalized spacial score (nSPS) is 10.6. The summed E-state index contributed by atoms with van der Waals surface area (Å²) < 4.78 is 2.19. The van der Waals surface area contributed by atoms with Crippen LogP contribution in [0.25, 0.3) is 0 Å². The Morgan fingerprint density at radius 3 is 2.66 bits per heavy atom. The van der Waals surface area contributed by atoms with E-state index < -0.39 is 0 Å². The lowest BCUT2D eigenvalue weighted by molar-refractivity contribution is 0.214. The summed E-state index contributed by atoms with van der Waals surface area (Å²) in [6.07, 6.45) is 3.82. The zero-order valence-electron chi connectivity index (χ0n) is 17.5. The van der Waals surface area contributed by atoms with Gasteiger partial charge in [0, 0.05) is 30.7 Å². The SMILES string of the molecule is C=CCN(Cc1cccn1Cc1cccc(C)c1)C(=O)Nc1cccc(C)c1C. The number of carbonyl (C=O) groups excluding carboxylic acids is 1. The summed E-state index contributed by atoms with van der Waals surface area (Å²) in [6.45, 7) is 11.8. The van der Waals surface area contributed by atoms with Crippen LogP contribution < -0.4 is 5.32 Å². The molecule has 2 aromatic carbocycles. The number of hydrogen-bond acceptors (Lipinski definition) is 1. The minimum Gasteiger partial charge on any atom is -0.345 e. The van der Waals surface area contributed by atoms with Gasteiger partial charge in [0.25, 0.3) is 0 Å². The van der Waals surface area contributed by atoms with E-state index in [-0.39, 0.29) is 6.03 Å². The van der Waals surface area contributed by atoms with Crippen LogP contribution in [0.5, 0.6) is 0 Å². The highest BCUT2D eigenvalue weighted by atomic mass is 16.2. The van der Waals surface area contributed by atoms with Crippen molar-refractivity contribution in [3.63, 3.8) is 0 Å². The van der Waals surface area contributed by atoms with Gasteiger partial charge in [0.15, 0.2) is 0 Å². The maximum absolute atomic E-state index is 13.0. The average Bonchev–Trinajstić information content (AvgIpc) is 3.12. The molecule has 0 radical (unpaired) electrons. The quantitative estimate of drug-likeness (QED) is 0.520. The van der Waals surface area contributed by atoms with Gasteiger partial charge in [-0.1, -0.05) is 48.0 Å². The minimum atomic E-state index is -0.123. The first-order valence-electron chi connectivity index (χ1n) is 9.90. The number of hydrogen-bond donors (Lipinski definition) is 1. The first-order chi connectivity index (χ1) is 14.0. The highest BCUT2D eigenvalue weighted by Crippen LogP contribution is 2.19. The monoisotopic (exact) mass is 387 g/mol. The first kappa shape index (κ1) is 20.5. The van der Waals surface area contributed by atoms with E-state index in [9.17, 15) is 4.79 Å². The molecule has 4 heteroatoms. The number of nitrogens with zero attached hydrogens (tertiary/aromatic N) is 2. The molecule has 29 heavy (non-hydrogen) atoms. The van der Waals surface area contributed by atoms with Crippen molar-refractivity contribution in [3.8, 4) is 0 Å². The molecule has 1 heterocycles.